The first-order valence-corrected chi connectivity index (χ1v) is 7.04. The number of aromatic nitrogens is 2. The van der Waals surface area contributed by atoms with E-state index in [9.17, 15) is 0 Å². The van der Waals surface area contributed by atoms with E-state index in [4.69, 9.17) is 10.9 Å². The molecule has 0 spiro atoms. The molecular weight excluding hydrogens is 248 g/mol. The van der Waals surface area contributed by atoms with Crippen molar-refractivity contribution in [1.29, 1.82) is 0 Å². The number of hydrogen-bond donors (Lipinski definition) is 2. The maximum atomic E-state index is 8.68. The number of rotatable bonds is 7. The molecule has 0 amide bonds. The number of hydrogen-bond acceptors (Lipinski definition) is 4. The highest BCUT2D eigenvalue weighted by atomic mass is 32.2. The maximum absolute atomic E-state index is 8.68. The smallest absolute Gasteiger partial charge is 0.167 e. The molecular formula is C12H22N4OS. The number of amidine groups is 1. The monoisotopic (exact) mass is 270 g/mol. The van der Waals surface area contributed by atoms with Gasteiger partial charge < -0.3 is 15.5 Å². The number of nitrogens with zero attached hydrogens (tertiary/aromatic N) is 3. The van der Waals surface area contributed by atoms with Crippen LogP contribution in [-0.2, 0) is 7.05 Å². The van der Waals surface area contributed by atoms with E-state index >= 15 is 0 Å². The lowest BCUT2D eigenvalue weighted by atomic mass is 9.86. The summed E-state index contributed by atoms with van der Waals surface area (Å²) in [5.74, 6) is 1.34. The fraction of sp³-hybridized carbons (Fsp3) is 0.667. The number of oxime groups is 1. The van der Waals surface area contributed by atoms with Gasteiger partial charge in [-0.05, 0) is 12.8 Å². The minimum Gasteiger partial charge on any atom is -0.409 e. The molecule has 5 nitrogen and oxygen atoms in total. The third-order valence-corrected chi connectivity index (χ3v) is 4.15. The van der Waals surface area contributed by atoms with Crippen molar-refractivity contribution in [2.75, 3.05) is 5.75 Å². The third kappa shape index (κ3) is 4.25. The van der Waals surface area contributed by atoms with Crippen LogP contribution in [0, 0.1) is 5.41 Å². The summed E-state index contributed by atoms with van der Waals surface area (Å²) in [7, 11) is 2.00. The summed E-state index contributed by atoms with van der Waals surface area (Å²) in [5, 5.41) is 12.8. The van der Waals surface area contributed by atoms with E-state index in [1.807, 2.05) is 37.9 Å². The Kier molecular flexibility index (Phi) is 5.53. The Balaban J connectivity index is 2.22. The van der Waals surface area contributed by atoms with Crippen molar-refractivity contribution in [2.24, 2.45) is 23.4 Å². The number of nitrogens with two attached hydrogens (primary N) is 1. The van der Waals surface area contributed by atoms with Crippen LogP contribution in [0.5, 0.6) is 0 Å². The van der Waals surface area contributed by atoms with Crippen LogP contribution in [0.15, 0.2) is 22.7 Å². The first kappa shape index (κ1) is 14.9. The molecule has 0 atom stereocenters. The second-order valence-corrected chi connectivity index (χ2v) is 6.06. The Hall–Kier alpha value is -1.17. The molecule has 3 N–H and O–H groups in total. The Bertz CT molecular complexity index is 401. The van der Waals surface area contributed by atoms with Crippen LogP contribution in [0.25, 0.3) is 0 Å². The molecule has 0 bridgehead atoms. The lowest BCUT2D eigenvalue weighted by molar-refractivity contribution is 0.304. The van der Waals surface area contributed by atoms with Crippen molar-refractivity contribution in [2.45, 2.75) is 38.3 Å². The van der Waals surface area contributed by atoms with Gasteiger partial charge in [0.2, 0.25) is 0 Å². The minimum absolute atomic E-state index is 0.233. The molecule has 1 aromatic rings. The molecule has 0 aliphatic heterocycles. The van der Waals surface area contributed by atoms with E-state index in [-0.39, 0.29) is 5.41 Å². The van der Waals surface area contributed by atoms with E-state index in [1.165, 1.54) is 0 Å². The zero-order valence-corrected chi connectivity index (χ0v) is 12.1. The Morgan fingerprint density at radius 1 is 1.56 bits per heavy atom. The lowest BCUT2D eigenvalue weighted by Crippen LogP contribution is -2.31. The first-order valence-electron chi connectivity index (χ1n) is 6.05. The number of unbranched alkanes of at least 4 members (excludes halogenated alkanes) is 1. The van der Waals surface area contributed by atoms with Gasteiger partial charge in [-0.3, -0.25) is 0 Å². The predicted molar refractivity (Wildman–Crippen MR) is 75.0 cm³/mol. The van der Waals surface area contributed by atoms with Gasteiger partial charge in [0.05, 0.1) is 0 Å². The molecule has 0 saturated heterocycles. The van der Waals surface area contributed by atoms with E-state index < -0.39 is 0 Å². The second kappa shape index (κ2) is 6.68. The number of imidazole rings is 1. The molecule has 0 aliphatic rings. The van der Waals surface area contributed by atoms with Gasteiger partial charge in [0.25, 0.3) is 0 Å². The third-order valence-electron chi connectivity index (χ3n) is 3.01. The van der Waals surface area contributed by atoms with Gasteiger partial charge >= 0.3 is 0 Å². The molecule has 0 saturated carbocycles. The fourth-order valence-corrected chi connectivity index (χ4v) is 2.52. The highest BCUT2D eigenvalue weighted by Gasteiger charge is 2.22. The standard InChI is InChI=1S/C12H22N4OS/c1-12(2,10(13)15-17)6-4-5-9-18-11-14-7-8-16(11)3/h7-8,17H,4-6,9H2,1-3H3,(H2,13,15). The van der Waals surface area contributed by atoms with Gasteiger partial charge in [-0.2, -0.15) is 0 Å². The largest absolute Gasteiger partial charge is 0.409 e. The molecule has 18 heavy (non-hydrogen) atoms. The van der Waals surface area contributed by atoms with Crippen LogP contribution in [0.4, 0.5) is 0 Å². The van der Waals surface area contributed by atoms with Gasteiger partial charge in [-0.25, -0.2) is 4.98 Å². The second-order valence-electron chi connectivity index (χ2n) is 5.00. The average molecular weight is 270 g/mol. The Morgan fingerprint density at radius 3 is 2.83 bits per heavy atom. The molecule has 102 valence electrons. The summed E-state index contributed by atoms with van der Waals surface area (Å²) in [6.45, 7) is 3.99. The number of aryl methyl sites for hydroxylation is 1. The van der Waals surface area contributed by atoms with Gasteiger partial charge in [-0.15, -0.1) is 0 Å². The normalized spacial score (nSPS) is 12.9. The molecule has 0 radical (unpaired) electrons. The summed E-state index contributed by atoms with van der Waals surface area (Å²) in [5.41, 5.74) is 5.41. The van der Waals surface area contributed by atoms with E-state index in [0.717, 1.165) is 30.2 Å². The van der Waals surface area contributed by atoms with E-state index in [1.54, 1.807) is 11.8 Å². The highest BCUT2D eigenvalue weighted by molar-refractivity contribution is 7.99. The maximum Gasteiger partial charge on any atom is 0.167 e. The van der Waals surface area contributed by atoms with E-state index in [2.05, 4.69) is 10.1 Å². The van der Waals surface area contributed by atoms with Crippen molar-refractivity contribution in [3.05, 3.63) is 12.4 Å². The van der Waals surface area contributed by atoms with Gasteiger partial charge in [0.15, 0.2) is 5.16 Å². The summed E-state index contributed by atoms with van der Waals surface area (Å²) in [6.07, 6.45) is 6.83. The van der Waals surface area contributed by atoms with Gasteiger partial charge in [0, 0.05) is 30.6 Å². The molecule has 1 aromatic heterocycles. The predicted octanol–water partition coefficient (Wildman–Crippen LogP) is 2.46. The van der Waals surface area contributed by atoms with Crippen molar-refractivity contribution >= 4 is 17.6 Å². The molecule has 0 aromatic carbocycles. The van der Waals surface area contributed by atoms with Crippen LogP contribution in [-0.4, -0.2) is 26.3 Å². The molecule has 1 rings (SSSR count). The van der Waals surface area contributed by atoms with Gasteiger partial charge in [-0.1, -0.05) is 37.2 Å². The quantitative estimate of drug-likeness (QED) is 0.199. The molecule has 0 fully saturated rings. The van der Waals surface area contributed by atoms with Crippen LogP contribution in [0.2, 0.25) is 0 Å². The molecule has 6 heteroatoms. The van der Waals surface area contributed by atoms with Crippen molar-refractivity contribution < 1.29 is 5.21 Å². The van der Waals surface area contributed by atoms with Crippen LogP contribution in [0.3, 0.4) is 0 Å². The van der Waals surface area contributed by atoms with Crippen molar-refractivity contribution in [3.8, 4) is 0 Å². The van der Waals surface area contributed by atoms with Gasteiger partial charge in [0.1, 0.15) is 5.84 Å². The summed E-state index contributed by atoms with van der Waals surface area (Å²) in [6, 6.07) is 0. The first-order chi connectivity index (χ1) is 8.47. The number of thioether (sulfide) groups is 1. The summed E-state index contributed by atoms with van der Waals surface area (Å²) < 4.78 is 2.02. The molecule has 1 heterocycles. The van der Waals surface area contributed by atoms with Crippen LogP contribution in [0.1, 0.15) is 33.1 Å². The molecule has 0 aliphatic carbocycles. The lowest BCUT2D eigenvalue weighted by Gasteiger charge is -2.22. The van der Waals surface area contributed by atoms with E-state index in [0.29, 0.717) is 5.84 Å². The van der Waals surface area contributed by atoms with Crippen LogP contribution >= 0.6 is 11.8 Å². The summed E-state index contributed by atoms with van der Waals surface area (Å²) in [4.78, 5) is 4.26. The molecule has 0 unspecified atom stereocenters. The zero-order chi connectivity index (χ0) is 13.6. The minimum atomic E-state index is -0.233. The highest BCUT2D eigenvalue weighted by Crippen LogP contribution is 2.24. The fourth-order valence-electron chi connectivity index (χ4n) is 1.59. The van der Waals surface area contributed by atoms with Crippen molar-refractivity contribution in [1.82, 2.24) is 9.55 Å². The Morgan fingerprint density at radius 2 is 2.28 bits per heavy atom. The Labute approximate surface area is 112 Å². The SMILES string of the molecule is Cn1ccnc1SCCCCC(C)(C)/C(N)=N/O. The zero-order valence-electron chi connectivity index (χ0n) is 11.3. The average Bonchev–Trinajstić information content (AvgIpc) is 2.73. The van der Waals surface area contributed by atoms with Crippen molar-refractivity contribution in [3.63, 3.8) is 0 Å². The summed E-state index contributed by atoms with van der Waals surface area (Å²) >= 11 is 1.76. The topological polar surface area (TPSA) is 76.4 Å². The van der Waals surface area contributed by atoms with Crippen LogP contribution < -0.4 is 5.73 Å².